The Morgan fingerprint density at radius 3 is 2.41 bits per heavy atom. The second kappa shape index (κ2) is 10.6. The van der Waals surface area contributed by atoms with Crippen LogP contribution in [0.3, 0.4) is 0 Å². The Bertz CT molecular complexity index is 195. The number of amides is 1. The van der Waals surface area contributed by atoms with Crippen LogP contribution in [0.2, 0.25) is 0 Å². The normalized spacial score (nSPS) is 14.4. The van der Waals surface area contributed by atoms with Gasteiger partial charge in [0.25, 0.3) is 0 Å². The van der Waals surface area contributed by atoms with E-state index in [1.54, 1.807) is 0 Å². The van der Waals surface area contributed by atoms with Crippen LogP contribution in [0.25, 0.3) is 0 Å². The highest BCUT2D eigenvalue weighted by atomic mass is 16.1. The van der Waals surface area contributed by atoms with Crippen LogP contribution < -0.4 is 10.6 Å². The maximum atomic E-state index is 11.8. The quantitative estimate of drug-likeness (QED) is 0.618. The Labute approximate surface area is 107 Å². The third-order valence-electron chi connectivity index (χ3n) is 3.26. The Morgan fingerprint density at radius 2 is 1.88 bits per heavy atom. The standard InChI is InChI=1S/C14H30N2O/c1-5-8-9-13(6-2)11-16-14(17)12(4)10-15-7-3/h12-13,15H,5-11H2,1-4H3,(H,16,17). The smallest absolute Gasteiger partial charge is 0.224 e. The van der Waals surface area contributed by atoms with Crippen molar-refractivity contribution in [2.75, 3.05) is 19.6 Å². The third kappa shape index (κ3) is 8.19. The zero-order valence-corrected chi connectivity index (χ0v) is 12.0. The van der Waals surface area contributed by atoms with Gasteiger partial charge in [0.05, 0.1) is 0 Å². The van der Waals surface area contributed by atoms with E-state index in [-0.39, 0.29) is 11.8 Å². The molecular formula is C14H30N2O. The Kier molecular flexibility index (Phi) is 10.2. The second-order valence-electron chi connectivity index (χ2n) is 4.87. The molecule has 0 heterocycles. The molecule has 0 saturated heterocycles. The van der Waals surface area contributed by atoms with Crippen molar-refractivity contribution in [1.29, 1.82) is 0 Å². The topological polar surface area (TPSA) is 41.1 Å². The Morgan fingerprint density at radius 1 is 1.18 bits per heavy atom. The maximum absolute atomic E-state index is 11.8. The molecule has 2 N–H and O–H groups in total. The summed E-state index contributed by atoms with van der Waals surface area (Å²) in [7, 11) is 0. The predicted octanol–water partition coefficient (Wildman–Crippen LogP) is 2.56. The first kappa shape index (κ1) is 16.4. The molecule has 3 heteroatoms. The van der Waals surface area contributed by atoms with Crippen molar-refractivity contribution in [2.45, 2.75) is 53.4 Å². The summed E-state index contributed by atoms with van der Waals surface area (Å²) < 4.78 is 0. The number of carbonyl (C=O) groups is 1. The van der Waals surface area contributed by atoms with Crippen LogP contribution in [0.15, 0.2) is 0 Å². The van der Waals surface area contributed by atoms with Crippen LogP contribution in [0, 0.1) is 11.8 Å². The number of nitrogens with one attached hydrogen (secondary N) is 2. The summed E-state index contributed by atoms with van der Waals surface area (Å²) in [6, 6.07) is 0. The number of rotatable bonds is 10. The lowest BCUT2D eigenvalue weighted by Gasteiger charge is -2.17. The molecule has 0 aromatic carbocycles. The van der Waals surface area contributed by atoms with Gasteiger partial charge in [-0.25, -0.2) is 0 Å². The van der Waals surface area contributed by atoms with Gasteiger partial charge in [-0.3, -0.25) is 4.79 Å². The fourth-order valence-electron chi connectivity index (χ4n) is 1.82. The van der Waals surface area contributed by atoms with Gasteiger partial charge in [0, 0.05) is 19.0 Å². The van der Waals surface area contributed by atoms with Gasteiger partial charge in [0.1, 0.15) is 0 Å². The Hall–Kier alpha value is -0.570. The molecule has 0 fully saturated rings. The van der Waals surface area contributed by atoms with Gasteiger partial charge in [-0.15, -0.1) is 0 Å². The minimum Gasteiger partial charge on any atom is -0.356 e. The number of carbonyl (C=O) groups excluding carboxylic acids is 1. The molecule has 2 unspecified atom stereocenters. The van der Waals surface area contributed by atoms with Gasteiger partial charge in [-0.05, 0) is 18.9 Å². The molecule has 0 aliphatic carbocycles. The maximum Gasteiger partial charge on any atom is 0.224 e. The van der Waals surface area contributed by atoms with E-state index in [1.165, 1.54) is 19.3 Å². The van der Waals surface area contributed by atoms with Crippen molar-refractivity contribution in [3.05, 3.63) is 0 Å². The van der Waals surface area contributed by atoms with E-state index in [2.05, 4.69) is 31.4 Å². The van der Waals surface area contributed by atoms with Crippen LogP contribution >= 0.6 is 0 Å². The molecule has 102 valence electrons. The van der Waals surface area contributed by atoms with Crippen LogP contribution in [0.4, 0.5) is 0 Å². The van der Waals surface area contributed by atoms with E-state index < -0.39 is 0 Å². The first-order valence-corrected chi connectivity index (χ1v) is 7.14. The third-order valence-corrected chi connectivity index (χ3v) is 3.26. The van der Waals surface area contributed by atoms with Crippen molar-refractivity contribution in [3.8, 4) is 0 Å². The van der Waals surface area contributed by atoms with E-state index in [9.17, 15) is 4.79 Å². The van der Waals surface area contributed by atoms with E-state index in [1.807, 2.05) is 6.92 Å². The lowest BCUT2D eigenvalue weighted by atomic mass is 9.99. The summed E-state index contributed by atoms with van der Waals surface area (Å²) in [5.41, 5.74) is 0. The number of unbranched alkanes of at least 4 members (excludes halogenated alkanes) is 1. The van der Waals surface area contributed by atoms with E-state index in [0.717, 1.165) is 26.1 Å². The van der Waals surface area contributed by atoms with Crippen molar-refractivity contribution in [2.24, 2.45) is 11.8 Å². The van der Waals surface area contributed by atoms with Gasteiger partial charge in [-0.2, -0.15) is 0 Å². The summed E-state index contributed by atoms with van der Waals surface area (Å²) in [6.07, 6.45) is 4.89. The van der Waals surface area contributed by atoms with E-state index >= 15 is 0 Å². The molecule has 0 saturated carbocycles. The second-order valence-corrected chi connectivity index (χ2v) is 4.87. The first-order chi connectivity index (χ1) is 8.15. The molecule has 2 atom stereocenters. The molecule has 0 aromatic heterocycles. The molecule has 3 nitrogen and oxygen atoms in total. The van der Waals surface area contributed by atoms with Gasteiger partial charge in [0.2, 0.25) is 5.91 Å². The number of hydrogen-bond donors (Lipinski definition) is 2. The summed E-state index contributed by atoms with van der Waals surface area (Å²) in [5.74, 6) is 0.893. The van der Waals surface area contributed by atoms with E-state index in [4.69, 9.17) is 0 Å². The predicted molar refractivity (Wildman–Crippen MR) is 74.0 cm³/mol. The summed E-state index contributed by atoms with van der Waals surface area (Å²) in [6.45, 7) is 11.0. The average molecular weight is 242 g/mol. The monoisotopic (exact) mass is 242 g/mol. The highest BCUT2D eigenvalue weighted by Crippen LogP contribution is 2.11. The average Bonchev–Trinajstić information content (AvgIpc) is 2.35. The molecule has 0 bridgehead atoms. The molecule has 0 aliphatic rings. The van der Waals surface area contributed by atoms with Crippen molar-refractivity contribution in [3.63, 3.8) is 0 Å². The SMILES string of the molecule is CCCCC(CC)CNC(=O)C(C)CNCC. The van der Waals surface area contributed by atoms with Gasteiger partial charge < -0.3 is 10.6 Å². The van der Waals surface area contributed by atoms with Crippen molar-refractivity contribution >= 4 is 5.91 Å². The summed E-state index contributed by atoms with van der Waals surface area (Å²) in [4.78, 5) is 11.8. The van der Waals surface area contributed by atoms with Crippen molar-refractivity contribution in [1.82, 2.24) is 10.6 Å². The lowest BCUT2D eigenvalue weighted by Crippen LogP contribution is -2.37. The van der Waals surface area contributed by atoms with Crippen molar-refractivity contribution < 1.29 is 4.79 Å². The number of hydrogen-bond acceptors (Lipinski definition) is 2. The fraction of sp³-hybridized carbons (Fsp3) is 0.929. The zero-order chi connectivity index (χ0) is 13.1. The summed E-state index contributed by atoms with van der Waals surface area (Å²) in [5, 5.41) is 6.28. The molecule has 0 aliphatic heterocycles. The molecule has 0 aromatic rings. The highest BCUT2D eigenvalue weighted by molar-refractivity contribution is 5.78. The fourth-order valence-corrected chi connectivity index (χ4v) is 1.82. The summed E-state index contributed by atoms with van der Waals surface area (Å²) >= 11 is 0. The highest BCUT2D eigenvalue weighted by Gasteiger charge is 2.13. The van der Waals surface area contributed by atoms with Crippen LogP contribution in [0.5, 0.6) is 0 Å². The largest absolute Gasteiger partial charge is 0.356 e. The van der Waals surface area contributed by atoms with Gasteiger partial charge in [0.15, 0.2) is 0 Å². The van der Waals surface area contributed by atoms with Gasteiger partial charge >= 0.3 is 0 Å². The molecule has 0 radical (unpaired) electrons. The first-order valence-electron chi connectivity index (χ1n) is 7.14. The van der Waals surface area contributed by atoms with Crippen LogP contribution in [0.1, 0.15) is 53.4 Å². The molecule has 1 amide bonds. The van der Waals surface area contributed by atoms with Crippen LogP contribution in [-0.4, -0.2) is 25.5 Å². The van der Waals surface area contributed by atoms with Gasteiger partial charge in [-0.1, -0.05) is 47.0 Å². The molecule has 0 rings (SSSR count). The minimum absolute atomic E-state index is 0.0682. The van der Waals surface area contributed by atoms with E-state index in [0.29, 0.717) is 5.92 Å². The molecular weight excluding hydrogens is 212 g/mol. The Balaban J connectivity index is 3.78. The zero-order valence-electron chi connectivity index (χ0n) is 12.0. The lowest BCUT2D eigenvalue weighted by molar-refractivity contribution is -0.124. The molecule has 0 spiro atoms. The minimum atomic E-state index is 0.0682. The molecule has 17 heavy (non-hydrogen) atoms. The van der Waals surface area contributed by atoms with Crippen LogP contribution in [-0.2, 0) is 4.79 Å².